The summed E-state index contributed by atoms with van der Waals surface area (Å²) < 4.78 is 0. The Bertz CT molecular complexity index is 1170. The monoisotopic (exact) mass is 383 g/mol. The average Bonchev–Trinajstić information content (AvgIpc) is 2.78. The molecule has 3 heterocycles. The van der Waals surface area contributed by atoms with Gasteiger partial charge in [-0.1, -0.05) is 30.3 Å². The van der Waals surface area contributed by atoms with Gasteiger partial charge in [0.1, 0.15) is 11.4 Å². The van der Waals surface area contributed by atoms with Crippen molar-refractivity contribution in [2.24, 2.45) is 0 Å². The minimum atomic E-state index is -0.414. The van der Waals surface area contributed by atoms with Crippen LogP contribution in [0.15, 0.2) is 79.1 Å². The summed E-state index contributed by atoms with van der Waals surface area (Å²) in [6.45, 7) is 0.277. The first-order chi connectivity index (χ1) is 14.2. The number of benzene rings is 1. The summed E-state index contributed by atoms with van der Waals surface area (Å²) in [5.74, 6) is -0.792. The fraction of sp³-hybridized carbons (Fsp3) is 0.0455. The molecule has 3 aromatic heterocycles. The fourth-order valence-corrected chi connectivity index (χ4v) is 2.84. The van der Waals surface area contributed by atoms with E-state index in [2.05, 4.69) is 25.6 Å². The number of fused-ring (bicyclic) bond motifs is 1. The molecule has 0 aliphatic carbocycles. The van der Waals surface area contributed by atoms with Crippen LogP contribution in [0.5, 0.6) is 0 Å². The summed E-state index contributed by atoms with van der Waals surface area (Å²) in [4.78, 5) is 37.7. The lowest BCUT2D eigenvalue weighted by molar-refractivity contribution is 0.0945. The van der Waals surface area contributed by atoms with Crippen LogP contribution in [0.3, 0.4) is 0 Å². The smallest absolute Gasteiger partial charge is 0.274 e. The van der Waals surface area contributed by atoms with Gasteiger partial charge in [0.2, 0.25) is 0 Å². The van der Waals surface area contributed by atoms with E-state index in [0.29, 0.717) is 11.2 Å². The van der Waals surface area contributed by atoms with E-state index in [0.717, 1.165) is 11.1 Å². The number of amides is 2. The molecule has 4 rings (SSSR count). The summed E-state index contributed by atoms with van der Waals surface area (Å²) in [7, 11) is 0. The SMILES string of the molecule is O=C(NCc1ccccn1)c1cccc(C(=O)Nc2cccc3cccnc23)n1. The Morgan fingerprint density at radius 1 is 0.759 bits per heavy atom. The van der Waals surface area contributed by atoms with E-state index in [-0.39, 0.29) is 23.8 Å². The lowest BCUT2D eigenvalue weighted by Gasteiger charge is -2.09. The fourth-order valence-electron chi connectivity index (χ4n) is 2.84. The largest absolute Gasteiger partial charge is 0.345 e. The van der Waals surface area contributed by atoms with E-state index in [1.807, 2.05) is 36.4 Å². The lowest BCUT2D eigenvalue weighted by Crippen LogP contribution is -2.25. The van der Waals surface area contributed by atoms with Crippen LogP contribution in [-0.2, 0) is 6.54 Å². The molecule has 4 aromatic rings. The standard InChI is InChI=1S/C22H17N5O2/c28-21(25-14-16-8-1-2-12-23-16)18-10-4-11-19(26-18)22(29)27-17-9-3-6-15-7-5-13-24-20(15)17/h1-13H,14H2,(H,25,28)(H,27,29). The molecular weight excluding hydrogens is 366 g/mol. The maximum Gasteiger partial charge on any atom is 0.274 e. The summed E-state index contributed by atoms with van der Waals surface area (Å²) >= 11 is 0. The summed E-state index contributed by atoms with van der Waals surface area (Å²) in [6, 6.07) is 19.5. The molecule has 0 aliphatic heterocycles. The first-order valence-corrected chi connectivity index (χ1v) is 9.01. The van der Waals surface area contributed by atoms with Gasteiger partial charge in [0.15, 0.2) is 0 Å². The second kappa shape index (κ2) is 8.26. The molecule has 2 amide bonds. The van der Waals surface area contributed by atoms with Gasteiger partial charge in [-0.2, -0.15) is 0 Å². The normalized spacial score (nSPS) is 10.5. The minimum absolute atomic E-state index is 0.142. The molecule has 0 bridgehead atoms. The molecule has 29 heavy (non-hydrogen) atoms. The van der Waals surface area contributed by atoms with Crippen LogP contribution in [-0.4, -0.2) is 26.8 Å². The highest BCUT2D eigenvalue weighted by molar-refractivity contribution is 6.07. The molecule has 0 spiro atoms. The third-order valence-corrected chi connectivity index (χ3v) is 4.25. The third kappa shape index (κ3) is 4.24. The van der Waals surface area contributed by atoms with E-state index in [9.17, 15) is 9.59 Å². The van der Waals surface area contributed by atoms with E-state index < -0.39 is 5.91 Å². The van der Waals surface area contributed by atoms with E-state index in [1.54, 1.807) is 42.7 Å². The van der Waals surface area contributed by atoms with Crippen molar-refractivity contribution in [2.45, 2.75) is 6.54 Å². The third-order valence-electron chi connectivity index (χ3n) is 4.25. The Morgan fingerprint density at radius 2 is 1.52 bits per heavy atom. The molecule has 0 aliphatic rings. The van der Waals surface area contributed by atoms with Gasteiger partial charge >= 0.3 is 0 Å². The number of hydrogen-bond donors (Lipinski definition) is 2. The minimum Gasteiger partial charge on any atom is -0.345 e. The number of carbonyl (C=O) groups excluding carboxylic acids is 2. The molecule has 142 valence electrons. The molecule has 0 saturated heterocycles. The van der Waals surface area contributed by atoms with Gasteiger partial charge in [0, 0.05) is 17.8 Å². The summed E-state index contributed by atoms with van der Waals surface area (Å²) in [6.07, 6.45) is 3.33. The van der Waals surface area contributed by atoms with Crippen molar-refractivity contribution in [1.82, 2.24) is 20.3 Å². The number of rotatable bonds is 5. The zero-order chi connectivity index (χ0) is 20.1. The number of para-hydroxylation sites is 1. The number of carbonyl (C=O) groups is 2. The van der Waals surface area contributed by atoms with Crippen LogP contribution in [0.25, 0.3) is 10.9 Å². The van der Waals surface area contributed by atoms with Crippen molar-refractivity contribution in [3.63, 3.8) is 0 Å². The average molecular weight is 383 g/mol. The van der Waals surface area contributed by atoms with E-state index >= 15 is 0 Å². The predicted octanol–water partition coefficient (Wildman–Crippen LogP) is 3.21. The van der Waals surface area contributed by atoms with Crippen molar-refractivity contribution >= 4 is 28.4 Å². The highest BCUT2D eigenvalue weighted by atomic mass is 16.2. The zero-order valence-electron chi connectivity index (χ0n) is 15.4. The molecule has 0 saturated carbocycles. The number of pyridine rings is 3. The van der Waals surface area contributed by atoms with Crippen LogP contribution in [0.4, 0.5) is 5.69 Å². The van der Waals surface area contributed by atoms with Crippen LogP contribution >= 0.6 is 0 Å². The summed E-state index contributed by atoms with van der Waals surface area (Å²) in [5.41, 5.74) is 2.30. The van der Waals surface area contributed by atoms with Crippen molar-refractivity contribution in [1.29, 1.82) is 0 Å². The van der Waals surface area contributed by atoms with Crippen molar-refractivity contribution in [2.75, 3.05) is 5.32 Å². The molecular formula is C22H17N5O2. The molecule has 1 aromatic carbocycles. The molecule has 7 heteroatoms. The van der Waals surface area contributed by atoms with Crippen LogP contribution < -0.4 is 10.6 Å². The quantitative estimate of drug-likeness (QED) is 0.552. The van der Waals surface area contributed by atoms with E-state index in [1.165, 1.54) is 0 Å². The van der Waals surface area contributed by atoms with E-state index in [4.69, 9.17) is 0 Å². The molecule has 0 unspecified atom stereocenters. The molecule has 0 atom stereocenters. The number of nitrogens with one attached hydrogen (secondary N) is 2. The van der Waals surface area contributed by atoms with Gasteiger partial charge in [-0.15, -0.1) is 0 Å². The Morgan fingerprint density at radius 3 is 2.34 bits per heavy atom. The van der Waals surface area contributed by atoms with Gasteiger partial charge in [0.05, 0.1) is 23.4 Å². The van der Waals surface area contributed by atoms with Gasteiger partial charge in [-0.3, -0.25) is 19.6 Å². The Kier molecular flexibility index (Phi) is 5.20. The van der Waals surface area contributed by atoms with Crippen molar-refractivity contribution < 1.29 is 9.59 Å². The highest BCUT2D eigenvalue weighted by Gasteiger charge is 2.14. The second-order valence-corrected chi connectivity index (χ2v) is 6.25. The predicted molar refractivity (Wildman–Crippen MR) is 109 cm³/mol. The van der Waals surface area contributed by atoms with Crippen molar-refractivity contribution in [3.05, 3.63) is 96.2 Å². The van der Waals surface area contributed by atoms with Gasteiger partial charge < -0.3 is 10.6 Å². The Hall–Kier alpha value is -4.13. The molecule has 0 radical (unpaired) electrons. The number of hydrogen-bond acceptors (Lipinski definition) is 5. The number of anilines is 1. The molecule has 0 fully saturated rings. The molecule has 7 nitrogen and oxygen atoms in total. The second-order valence-electron chi connectivity index (χ2n) is 6.25. The number of aromatic nitrogens is 3. The number of nitrogens with zero attached hydrogens (tertiary/aromatic N) is 3. The Balaban J connectivity index is 1.49. The maximum atomic E-state index is 12.7. The first kappa shape index (κ1) is 18.2. The first-order valence-electron chi connectivity index (χ1n) is 9.01. The lowest BCUT2D eigenvalue weighted by atomic mass is 10.2. The van der Waals surface area contributed by atoms with Crippen LogP contribution in [0, 0.1) is 0 Å². The van der Waals surface area contributed by atoms with Crippen LogP contribution in [0.2, 0.25) is 0 Å². The van der Waals surface area contributed by atoms with Gasteiger partial charge in [-0.05, 0) is 36.4 Å². The van der Waals surface area contributed by atoms with Crippen LogP contribution in [0.1, 0.15) is 26.7 Å². The highest BCUT2D eigenvalue weighted by Crippen LogP contribution is 2.21. The molecule has 2 N–H and O–H groups in total. The Labute approximate surface area is 166 Å². The van der Waals surface area contributed by atoms with Gasteiger partial charge in [-0.25, -0.2) is 4.98 Å². The summed E-state index contributed by atoms with van der Waals surface area (Å²) in [5, 5.41) is 6.49. The van der Waals surface area contributed by atoms with Gasteiger partial charge in [0.25, 0.3) is 11.8 Å². The zero-order valence-corrected chi connectivity index (χ0v) is 15.4. The maximum absolute atomic E-state index is 12.7. The topological polar surface area (TPSA) is 96.9 Å². The van der Waals surface area contributed by atoms with Crippen molar-refractivity contribution in [3.8, 4) is 0 Å².